The minimum absolute atomic E-state index is 0.307. The minimum atomic E-state index is -2.60. The number of carbonyl (C=O) groups excluding carboxylic acids is 1. The zero-order valence-electron chi connectivity index (χ0n) is 31.4. The van der Waals surface area contributed by atoms with Gasteiger partial charge in [0, 0.05) is 21.3 Å². The highest BCUT2D eigenvalue weighted by atomic mass is 28.4. The third-order valence-electron chi connectivity index (χ3n) is 9.29. The van der Waals surface area contributed by atoms with Gasteiger partial charge in [0.2, 0.25) is 0 Å². The smallest absolute Gasteiger partial charge is 0.508 e. The first-order chi connectivity index (χ1) is 22.5. The van der Waals surface area contributed by atoms with Gasteiger partial charge in [-0.3, -0.25) is 0 Å². The molecule has 3 atom stereocenters. The summed E-state index contributed by atoms with van der Waals surface area (Å²) in [7, 11) is 2.66. The SMILES string of the molecule is CCCCCCCCCCCCCCCCCCCC[N+](CCC)(CCC)CC(C)[Si](OC)(OC)OC.O=C([O-])C(O)C(O)C(=O)O. The van der Waals surface area contributed by atoms with Gasteiger partial charge in [-0.1, -0.05) is 130 Å². The van der Waals surface area contributed by atoms with Crippen LogP contribution in [0.25, 0.3) is 0 Å². The van der Waals surface area contributed by atoms with Gasteiger partial charge in [0.05, 0.1) is 37.7 Å². The molecule has 3 N–H and O–H groups in total. The predicted octanol–water partition coefficient (Wildman–Crippen LogP) is 6.48. The van der Waals surface area contributed by atoms with Gasteiger partial charge >= 0.3 is 14.8 Å². The summed E-state index contributed by atoms with van der Waals surface area (Å²) in [4.78, 5) is 19.4. The lowest BCUT2D eigenvalue weighted by molar-refractivity contribution is -0.928. The molecule has 0 radical (unpaired) electrons. The Morgan fingerprint density at radius 3 is 1.19 bits per heavy atom. The summed E-state index contributed by atoms with van der Waals surface area (Å²) in [5.74, 6) is -3.83. The molecule has 10 nitrogen and oxygen atoms in total. The second-order valence-electron chi connectivity index (χ2n) is 13.4. The van der Waals surface area contributed by atoms with Crippen LogP contribution in [0.4, 0.5) is 0 Å². The molecular formula is C36H75NO9Si. The third kappa shape index (κ3) is 23.0. The van der Waals surface area contributed by atoms with Gasteiger partial charge in [0.1, 0.15) is 6.10 Å². The lowest BCUT2D eigenvalue weighted by Gasteiger charge is -2.43. The van der Waals surface area contributed by atoms with Crippen LogP contribution in [0.5, 0.6) is 0 Å². The number of unbranched alkanes of at least 4 members (excludes halogenated alkanes) is 17. The number of rotatable bonds is 32. The van der Waals surface area contributed by atoms with Crippen LogP contribution in [0.3, 0.4) is 0 Å². The molecule has 0 fully saturated rings. The van der Waals surface area contributed by atoms with Gasteiger partial charge in [0.15, 0.2) is 6.10 Å². The van der Waals surface area contributed by atoms with E-state index in [-0.39, 0.29) is 0 Å². The first kappa shape index (κ1) is 48.0. The monoisotopic (exact) mass is 694 g/mol. The molecule has 3 unspecified atom stereocenters. The maximum atomic E-state index is 9.74. The highest BCUT2D eigenvalue weighted by Gasteiger charge is 2.48. The molecule has 0 bridgehead atoms. The summed E-state index contributed by atoms with van der Waals surface area (Å²) >= 11 is 0. The highest BCUT2D eigenvalue weighted by Crippen LogP contribution is 2.29. The van der Waals surface area contributed by atoms with Crippen molar-refractivity contribution >= 4 is 20.7 Å². The van der Waals surface area contributed by atoms with E-state index in [1.54, 1.807) is 21.3 Å². The summed E-state index contributed by atoms with van der Waals surface area (Å²) in [6, 6.07) is 0. The van der Waals surface area contributed by atoms with Gasteiger partial charge in [-0.15, -0.1) is 0 Å². The van der Waals surface area contributed by atoms with Crippen molar-refractivity contribution in [2.24, 2.45) is 0 Å². The van der Waals surface area contributed by atoms with Crippen molar-refractivity contribution in [3.63, 3.8) is 0 Å². The lowest BCUT2D eigenvalue weighted by Crippen LogP contribution is -2.57. The van der Waals surface area contributed by atoms with Crippen molar-refractivity contribution in [3.8, 4) is 0 Å². The Balaban J connectivity index is 0. The number of carbonyl (C=O) groups is 2. The normalized spacial score (nSPS) is 13.9. The largest absolute Gasteiger partial charge is 0.547 e. The topological polar surface area (TPSA) is 146 Å². The van der Waals surface area contributed by atoms with Crippen molar-refractivity contribution in [2.45, 2.75) is 174 Å². The molecule has 0 rings (SSSR count). The van der Waals surface area contributed by atoms with Crippen LogP contribution in [0.1, 0.15) is 156 Å². The van der Waals surface area contributed by atoms with E-state index in [0.29, 0.717) is 5.54 Å². The number of hydrogen-bond donors (Lipinski definition) is 3. The van der Waals surface area contributed by atoms with Crippen molar-refractivity contribution < 1.29 is 47.8 Å². The molecule has 11 heteroatoms. The Kier molecular flexibility index (Phi) is 31.6. The Labute approximate surface area is 289 Å². The van der Waals surface area contributed by atoms with Crippen molar-refractivity contribution in [2.75, 3.05) is 47.5 Å². The van der Waals surface area contributed by atoms with Crippen LogP contribution >= 0.6 is 0 Å². The highest BCUT2D eigenvalue weighted by molar-refractivity contribution is 6.62. The average Bonchev–Trinajstić information content (AvgIpc) is 3.05. The van der Waals surface area contributed by atoms with E-state index in [9.17, 15) is 14.7 Å². The molecule has 0 heterocycles. The molecule has 47 heavy (non-hydrogen) atoms. The molecule has 282 valence electrons. The number of aliphatic hydroxyl groups is 2. The maximum Gasteiger partial charge on any atom is 0.508 e. The number of hydrogen-bond acceptors (Lipinski definition) is 8. The number of carboxylic acids is 2. The Morgan fingerprint density at radius 2 is 0.936 bits per heavy atom. The van der Waals surface area contributed by atoms with E-state index in [2.05, 4.69) is 27.7 Å². The van der Waals surface area contributed by atoms with E-state index in [0.717, 1.165) is 6.54 Å². The second-order valence-corrected chi connectivity index (χ2v) is 16.8. The number of aliphatic carboxylic acids is 2. The van der Waals surface area contributed by atoms with Crippen LogP contribution in [0.2, 0.25) is 5.54 Å². The molecule has 0 saturated carbocycles. The molecule has 0 aliphatic heterocycles. The van der Waals surface area contributed by atoms with E-state index in [1.165, 1.54) is 153 Å². The van der Waals surface area contributed by atoms with Gasteiger partial charge in [-0.25, -0.2) is 4.79 Å². The van der Waals surface area contributed by atoms with Gasteiger partial charge in [0.25, 0.3) is 0 Å². The number of aliphatic hydroxyl groups excluding tert-OH is 2. The summed E-state index contributed by atoms with van der Waals surface area (Å²) in [6.07, 6.45) is 23.6. The summed E-state index contributed by atoms with van der Waals surface area (Å²) in [5.41, 5.74) is 0.307. The number of quaternary nitrogens is 1. The van der Waals surface area contributed by atoms with Gasteiger partial charge < -0.3 is 43.0 Å². The first-order valence-corrected chi connectivity index (χ1v) is 20.6. The van der Waals surface area contributed by atoms with E-state index in [4.69, 9.17) is 28.6 Å². The molecule has 0 aromatic heterocycles. The van der Waals surface area contributed by atoms with E-state index >= 15 is 0 Å². The molecular weight excluding hydrogens is 618 g/mol. The molecule has 0 spiro atoms. The van der Waals surface area contributed by atoms with E-state index in [1.807, 2.05) is 0 Å². The number of carboxylic acid groups (broad SMARTS) is 2. The van der Waals surface area contributed by atoms with Crippen molar-refractivity contribution in [1.82, 2.24) is 0 Å². The molecule has 0 amide bonds. The van der Waals surface area contributed by atoms with Crippen LogP contribution in [0.15, 0.2) is 0 Å². The fourth-order valence-corrected chi connectivity index (χ4v) is 9.04. The fraction of sp³-hybridized carbons (Fsp3) is 0.944. The Morgan fingerprint density at radius 1 is 0.596 bits per heavy atom. The van der Waals surface area contributed by atoms with Crippen molar-refractivity contribution in [1.29, 1.82) is 0 Å². The van der Waals surface area contributed by atoms with E-state index < -0.39 is 33.0 Å². The van der Waals surface area contributed by atoms with Crippen LogP contribution in [-0.4, -0.2) is 100 Å². The summed E-state index contributed by atoms with van der Waals surface area (Å²) < 4.78 is 18.7. The standard InChI is InChI=1S/C32H70NO3Si.C4H6O6/c1-8-11-12-13-14-15-16-17-18-19-20-21-22-23-24-25-26-27-30-33(28-9-2,29-10-3)31-32(4)37(34-5,35-6)36-7;5-1(3(7)8)2(6)4(9)10/h32H,8-31H2,1-7H3;1-2,5-6H,(H,7,8)(H,9,10)/q+1;/p-1. The minimum Gasteiger partial charge on any atom is -0.547 e. The molecule has 0 aliphatic rings. The van der Waals surface area contributed by atoms with Crippen LogP contribution < -0.4 is 5.11 Å². The fourth-order valence-electron chi connectivity index (χ4n) is 6.72. The Hall–Kier alpha value is -1.08. The van der Waals surface area contributed by atoms with Crippen molar-refractivity contribution in [3.05, 3.63) is 0 Å². The zero-order chi connectivity index (χ0) is 36.0. The lowest BCUT2D eigenvalue weighted by atomic mass is 10.0. The summed E-state index contributed by atoms with van der Waals surface area (Å²) in [6.45, 7) is 14.1. The maximum absolute atomic E-state index is 9.74. The molecule has 0 saturated heterocycles. The van der Waals surface area contributed by atoms with Crippen LogP contribution in [-0.2, 0) is 22.9 Å². The quantitative estimate of drug-likeness (QED) is 0.0410. The second kappa shape index (κ2) is 30.9. The molecule has 0 aromatic rings. The Bertz CT molecular complexity index is 707. The molecule has 0 aliphatic carbocycles. The first-order valence-electron chi connectivity index (χ1n) is 18.8. The van der Waals surface area contributed by atoms with Gasteiger partial charge in [-0.2, -0.15) is 0 Å². The summed E-state index contributed by atoms with van der Waals surface area (Å²) in [5, 5.41) is 34.1. The zero-order valence-corrected chi connectivity index (χ0v) is 32.4. The third-order valence-corrected chi connectivity index (χ3v) is 12.4. The number of nitrogens with zero attached hydrogens (tertiary/aromatic N) is 1. The predicted molar refractivity (Wildman–Crippen MR) is 190 cm³/mol. The van der Waals surface area contributed by atoms with Crippen LogP contribution in [0, 0.1) is 0 Å². The molecule has 0 aromatic carbocycles. The average molecular weight is 694 g/mol. The van der Waals surface area contributed by atoms with Gasteiger partial charge in [-0.05, 0) is 25.7 Å².